The topological polar surface area (TPSA) is 52.6 Å². The molecule has 2 atom stereocenters. The van der Waals surface area contributed by atoms with Gasteiger partial charge in [0.25, 0.3) is 5.91 Å². The third-order valence-corrected chi connectivity index (χ3v) is 5.23. The summed E-state index contributed by atoms with van der Waals surface area (Å²) in [6.07, 6.45) is 6.18. The Balaban J connectivity index is 1.57. The van der Waals surface area contributed by atoms with E-state index in [1.807, 2.05) is 24.3 Å². The highest BCUT2D eigenvalue weighted by atomic mass is 16.3. The largest absolute Gasteiger partial charge is 0.393 e. The standard InChI is InChI=1S/C19H28N2O2/c1-14-3-2-4-16(13-14)20-19(23)15-5-7-17(8-6-15)21-11-9-18(22)10-12-21/h5-8,14,16,18,22H,2-4,9-13H2,1H3,(H,20,23). The lowest BCUT2D eigenvalue weighted by Gasteiger charge is -2.31. The summed E-state index contributed by atoms with van der Waals surface area (Å²) in [7, 11) is 0. The van der Waals surface area contributed by atoms with Gasteiger partial charge < -0.3 is 15.3 Å². The molecule has 1 aromatic rings. The lowest BCUT2D eigenvalue weighted by Crippen LogP contribution is -2.38. The van der Waals surface area contributed by atoms with Crippen LogP contribution in [0.3, 0.4) is 0 Å². The summed E-state index contributed by atoms with van der Waals surface area (Å²) in [5, 5.41) is 12.8. The monoisotopic (exact) mass is 316 g/mol. The molecule has 4 nitrogen and oxygen atoms in total. The van der Waals surface area contributed by atoms with E-state index in [-0.39, 0.29) is 12.0 Å². The maximum atomic E-state index is 12.4. The number of carbonyl (C=O) groups is 1. The van der Waals surface area contributed by atoms with Gasteiger partial charge in [0.15, 0.2) is 0 Å². The molecule has 1 saturated heterocycles. The molecule has 1 aromatic carbocycles. The van der Waals surface area contributed by atoms with Gasteiger partial charge in [0.05, 0.1) is 6.10 Å². The van der Waals surface area contributed by atoms with Crippen molar-refractivity contribution < 1.29 is 9.90 Å². The molecule has 126 valence electrons. The average molecular weight is 316 g/mol. The van der Waals surface area contributed by atoms with Crippen LogP contribution in [-0.4, -0.2) is 36.2 Å². The Kier molecular flexibility index (Phi) is 5.21. The Morgan fingerprint density at radius 1 is 1.13 bits per heavy atom. The zero-order chi connectivity index (χ0) is 16.2. The third kappa shape index (κ3) is 4.25. The van der Waals surface area contributed by atoms with Crippen LogP contribution >= 0.6 is 0 Å². The summed E-state index contributed by atoms with van der Waals surface area (Å²) in [5.41, 5.74) is 1.88. The zero-order valence-electron chi connectivity index (χ0n) is 14.0. The number of carbonyl (C=O) groups excluding carboxylic acids is 1. The number of anilines is 1. The van der Waals surface area contributed by atoms with Gasteiger partial charge in [0.2, 0.25) is 0 Å². The molecule has 1 aliphatic carbocycles. The minimum atomic E-state index is -0.158. The second-order valence-corrected chi connectivity index (χ2v) is 7.21. The van der Waals surface area contributed by atoms with Gasteiger partial charge in [-0.3, -0.25) is 4.79 Å². The van der Waals surface area contributed by atoms with Crippen LogP contribution < -0.4 is 10.2 Å². The van der Waals surface area contributed by atoms with Crippen molar-refractivity contribution >= 4 is 11.6 Å². The maximum Gasteiger partial charge on any atom is 0.251 e. The van der Waals surface area contributed by atoms with E-state index in [0.29, 0.717) is 12.0 Å². The molecule has 2 aliphatic rings. The summed E-state index contributed by atoms with van der Waals surface area (Å²) in [6.45, 7) is 4.03. The fourth-order valence-corrected chi connectivity index (χ4v) is 3.78. The van der Waals surface area contributed by atoms with Crippen LogP contribution in [0.15, 0.2) is 24.3 Å². The van der Waals surface area contributed by atoms with Crippen LogP contribution in [0.5, 0.6) is 0 Å². The molecule has 0 spiro atoms. The van der Waals surface area contributed by atoms with E-state index in [9.17, 15) is 9.90 Å². The van der Waals surface area contributed by atoms with Crippen LogP contribution in [0.1, 0.15) is 55.8 Å². The predicted molar refractivity (Wildman–Crippen MR) is 92.8 cm³/mol. The number of nitrogens with zero attached hydrogens (tertiary/aromatic N) is 1. The highest BCUT2D eigenvalue weighted by molar-refractivity contribution is 5.94. The van der Waals surface area contributed by atoms with Crippen molar-refractivity contribution in [3.05, 3.63) is 29.8 Å². The van der Waals surface area contributed by atoms with E-state index < -0.39 is 0 Å². The second-order valence-electron chi connectivity index (χ2n) is 7.21. The van der Waals surface area contributed by atoms with Crippen LogP contribution in [0.2, 0.25) is 0 Å². The first kappa shape index (κ1) is 16.3. The van der Waals surface area contributed by atoms with Gasteiger partial charge in [-0.25, -0.2) is 0 Å². The van der Waals surface area contributed by atoms with E-state index in [1.165, 1.54) is 12.8 Å². The molecular formula is C19H28N2O2. The lowest BCUT2D eigenvalue weighted by molar-refractivity contribution is 0.0921. The minimum Gasteiger partial charge on any atom is -0.393 e. The van der Waals surface area contributed by atoms with Gasteiger partial charge >= 0.3 is 0 Å². The highest BCUT2D eigenvalue weighted by Gasteiger charge is 2.21. The van der Waals surface area contributed by atoms with Crippen molar-refractivity contribution in [1.29, 1.82) is 0 Å². The Bertz CT molecular complexity index is 521. The van der Waals surface area contributed by atoms with Crippen LogP contribution in [0.4, 0.5) is 5.69 Å². The molecule has 1 aliphatic heterocycles. The number of aliphatic hydroxyl groups excluding tert-OH is 1. The summed E-state index contributed by atoms with van der Waals surface area (Å²) >= 11 is 0. The number of amides is 1. The van der Waals surface area contributed by atoms with Gasteiger partial charge in [0.1, 0.15) is 0 Å². The number of piperidine rings is 1. The van der Waals surface area contributed by atoms with Crippen LogP contribution in [0.25, 0.3) is 0 Å². The van der Waals surface area contributed by atoms with Crippen molar-refractivity contribution in [2.45, 2.75) is 57.6 Å². The van der Waals surface area contributed by atoms with E-state index >= 15 is 0 Å². The van der Waals surface area contributed by atoms with Crippen molar-refractivity contribution in [2.75, 3.05) is 18.0 Å². The van der Waals surface area contributed by atoms with Crippen molar-refractivity contribution in [1.82, 2.24) is 5.32 Å². The maximum absolute atomic E-state index is 12.4. The first-order valence-corrected chi connectivity index (χ1v) is 8.96. The Morgan fingerprint density at radius 2 is 1.83 bits per heavy atom. The van der Waals surface area contributed by atoms with Crippen molar-refractivity contribution in [3.63, 3.8) is 0 Å². The van der Waals surface area contributed by atoms with Gasteiger partial charge in [-0.1, -0.05) is 19.8 Å². The molecule has 23 heavy (non-hydrogen) atoms. The molecule has 1 heterocycles. The number of benzene rings is 1. The van der Waals surface area contributed by atoms with E-state index in [1.54, 1.807) is 0 Å². The minimum absolute atomic E-state index is 0.0460. The molecule has 2 fully saturated rings. The Hall–Kier alpha value is -1.55. The molecular weight excluding hydrogens is 288 g/mol. The van der Waals surface area contributed by atoms with E-state index in [0.717, 1.165) is 50.0 Å². The molecule has 0 aromatic heterocycles. The average Bonchev–Trinajstić information content (AvgIpc) is 2.56. The summed E-state index contributed by atoms with van der Waals surface area (Å²) < 4.78 is 0. The number of aliphatic hydroxyl groups is 1. The molecule has 1 saturated carbocycles. The fraction of sp³-hybridized carbons (Fsp3) is 0.632. The van der Waals surface area contributed by atoms with Gasteiger partial charge in [-0.05, 0) is 55.9 Å². The molecule has 2 unspecified atom stereocenters. The Morgan fingerprint density at radius 3 is 2.48 bits per heavy atom. The fourth-order valence-electron chi connectivity index (χ4n) is 3.78. The lowest BCUT2D eigenvalue weighted by atomic mass is 9.87. The second kappa shape index (κ2) is 7.35. The summed E-state index contributed by atoms with van der Waals surface area (Å²) in [5.74, 6) is 0.760. The van der Waals surface area contributed by atoms with Crippen molar-refractivity contribution in [3.8, 4) is 0 Å². The Labute approximate surface area is 138 Å². The van der Waals surface area contributed by atoms with E-state index in [2.05, 4.69) is 17.1 Å². The molecule has 1 amide bonds. The molecule has 3 rings (SSSR count). The number of nitrogens with one attached hydrogen (secondary N) is 1. The quantitative estimate of drug-likeness (QED) is 0.901. The molecule has 2 N–H and O–H groups in total. The van der Waals surface area contributed by atoms with Gasteiger partial charge in [-0.2, -0.15) is 0 Å². The number of hydrogen-bond donors (Lipinski definition) is 2. The van der Waals surface area contributed by atoms with Crippen molar-refractivity contribution in [2.24, 2.45) is 5.92 Å². The number of hydrogen-bond acceptors (Lipinski definition) is 3. The highest BCUT2D eigenvalue weighted by Crippen LogP contribution is 2.24. The van der Waals surface area contributed by atoms with Crippen LogP contribution in [0, 0.1) is 5.92 Å². The zero-order valence-corrected chi connectivity index (χ0v) is 14.0. The summed E-state index contributed by atoms with van der Waals surface area (Å²) in [4.78, 5) is 14.7. The number of rotatable bonds is 3. The van der Waals surface area contributed by atoms with Gasteiger partial charge in [-0.15, -0.1) is 0 Å². The molecule has 4 heteroatoms. The first-order chi connectivity index (χ1) is 11.1. The summed E-state index contributed by atoms with van der Waals surface area (Å²) in [6, 6.07) is 8.21. The van der Waals surface area contributed by atoms with Gasteiger partial charge in [0, 0.05) is 30.4 Å². The predicted octanol–water partition coefficient (Wildman–Crippen LogP) is 2.96. The van der Waals surface area contributed by atoms with E-state index in [4.69, 9.17) is 0 Å². The van der Waals surface area contributed by atoms with Crippen LogP contribution in [-0.2, 0) is 0 Å². The third-order valence-electron chi connectivity index (χ3n) is 5.23. The smallest absolute Gasteiger partial charge is 0.251 e. The first-order valence-electron chi connectivity index (χ1n) is 8.96. The molecule has 0 radical (unpaired) electrons. The molecule has 0 bridgehead atoms. The SMILES string of the molecule is CC1CCCC(NC(=O)c2ccc(N3CCC(O)CC3)cc2)C1. The normalized spacial score (nSPS) is 26.1.